The van der Waals surface area contributed by atoms with Gasteiger partial charge in [-0.3, -0.25) is 10.1 Å². The maximum absolute atomic E-state index is 11.0. The summed E-state index contributed by atoms with van der Waals surface area (Å²) in [4.78, 5) is 11.0. The first-order chi connectivity index (χ1) is 6.66. The number of carbonyl (C=O) groups is 1. The molecule has 1 unspecified atom stereocenters. The second-order valence-corrected chi connectivity index (χ2v) is 4.00. The summed E-state index contributed by atoms with van der Waals surface area (Å²) in [6.45, 7) is 0.288. The molecule has 3 N–H and O–H groups in total. The molecular formula is C9H9BrN2O2. The Hall–Kier alpha value is -1.07. The summed E-state index contributed by atoms with van der Waals surface area (Å²) in [7, 11) is 0. The zero-order valence-corrected chi connectivity index (χ0v) is 8.84. The van der Waals surface area contributed by atoms with E-state index in [0.29, 0.717) is 5.56 Å². The lowest BCUT2D eigenvalue weighted by Crippen LogP contribution is -2.22. The van der Waals surface area contributed by atoms with Crippen LogP contribution in [0.5, 0.6) is 5.75 Å². The van der Waals surface area contributed by atoms with Gasteiger partial charge in [0.1, 0.15) is 11.9 Å². The summed E-state index contributed by atoms with van der Waals surface area (Å²) < 4.78 is 0.869. The first kappa shape index (κ1) is 9.48. The van der Waals surface area contributed by atoms with Gasteiger partial charge >= 0.3 is 0 Å². The standard InChI is InChI=1S/C9H9BrN2O2/c10-5-1-2-7(13)6(3-5)9-11-4-8(14)12-9/h1-3,9,11,13H,4H2,(H,12,14). The zero-order valence-electron chi connectivity index (χ0n) is 7.25. The minimum absolute atomic E-state index is 0.0608. The number of benzene rings is 1. The van der Waals surface area contributed by atoms with Crippen LogP contribution in [0.15, 0.2) is 22.7 Å². The summed E-state index contributed by atoms with van der Waals surface area (Å²) in [6, 6.07) is 5.11. The van der Waals surface area contributed by atoms with E-state index in [1.807, 2.05) is 0 Å². The quantitative estimate of drug-likeness (QED) is 0.699. The van der Waals surface area contributed by atoms with E-state index in [9.17, 15) is 9.90 Å². The van der Waals surface area contributed by atoms with Crippen molar-refractivity contribution in [3.63, 3.8) is 0 Å². The second-order valence-electron chi connectivity index (χ2n) is 3.08. The summed E-state index contributed by atoms with van der Waals surface area (Å²) in [5, 5.41) is 15.2. The summed E-state index contributed by atoms with van der Waals surface area (Å²) in [5.74, 6) is 0.113. The third kappa shape index (κ3) is 1.73. The SMILES string of the molecule is O=C1CNC(c2cc(Br)ccc2O)N1. The number of nitrogens with one attached hydrogen (secondary N) is 2. The Labute approximate surface area is 89.4 Å². The molecule has 4 nitrogen and oxygen atoms in total. The molecule has 5 heteroatoms. The maximum atomic E-state index is 11.0. The highest BCUT2D eigenvalue weighted by Gasteiger charge is 2.23. The van der Waals surface area contributed by atoms with E-state index in [2.05, 4.69) is 26.6 Å². The highest BCUT2D eigenvalue weighted by atomic mass is 79.9. The molecule has 1 aliphatic heterocycles. The van der Waals surface area contributed by atoms with E-state index in [-0.39, 0.29) is 24.4 Å². The molecule has 1 atom stereocenters. The molecule has 1 heterocycles. The van der Waals surface area contributed by atoms with Crippen molar-refractivity contribution in [2.75, 3.05) is 6.54 Å². The maximum Gasteiger partial charge on any atom is 0.235 e. The van der Waals surface area contributed by atoms with Crippen LogP contribution >= 0.6 is 15.9 Å². The lowest BCUT2D eigenvalue weighted by molar-refractivity contribution is -0.118. The van der Waals surface area contributed by atoms with Crippen molar-refractivity contribution in [1.82, 2.24) is 10.6 Å². The molecule has 2 rings (SSSR count). The van der Waals surface area contributed by atoms with Crippen LogP contribution in [0.25, 0.3) is 0 Å². The van der Waals surface area contributed by atoms with Crippen LogP contribution in [0.3, 0.4) is 0 Å². The number of halogens is 1. The fourth-order valence-corrected chi connectivity index (χ4v) is 1.78. The van der Waals surface area contributed by atoms with E-state index in [4.69, 9.17) is 0 Å². The Morgan fingerprint density at radius 1 is 1.50 bits per heavy atom. The van der Waals surface area contributed by atoms with E-state index in [1.165, 1.54) is 0 Å². The van der Waals surface area contributed by atoms with Crippen LogP contribution in [0, 0.1) is 0 Å². The lowest BCUT2D eigenvalue weighted by atomic mass is 10.1. The van der Waals surface area contributed by atoms with Gasteiger partial charge in [0.25, 0.3) is 0 Å². The van der Waals surface area contributed by atoms with Crippen LogP contribution in [0.4, 0.5) is 0 Å². The van der Waals surface area contributed by atoms with Crippen molar-refractivity contribution < 1.29 is 9.90 Å². The largest absolute Gasteiger partial charge is 0.508 e. The molecule has 74 valence electrons. The molecule has 0 bridgehead atoms. The average molecular weight is 257 g/mol. The van der Waals surface area contributed by atoms with Gasteiger partial charge in [0.05, 0.1) is 6.54 Å². The summed E-state index contributed by atoms with van der Waals surface area (Å²) in [5.41, 5.74) is 0.672. The number of hydrogen-bond acceptors (Lipinski definition) is 3. The smallest absolute Gasteiger partial charge is 0.235 e. The first-order valence-corrected chi connectivity index (χ1v) is 4.97. The summed E-state index contributed by atoms with van der Waals surface area (Å²) in [6.07, 6.45) is -0.292. The molecule has 0 aromatic heterocycles. The fraction of sp³-hybridized carbons (Fsp3) is 0.222. The Morgan fingerprint density at radius 3 is 2.93 bits per heavy atom. The molecule has 14 heavy (non-hydrogen) atoms. The Bertz CT molecular complexity index is 381. The van der Waals surface area contributed by atoms with E-state index >= 15 is 0 Å². The lowest BCUT2D eigenvalue weighted by Gasteiger charge is -2.12. The van der Waals surface area contributed by atoms with Gasteiger partial charge in [0.15, 0.2) is 0 Å². The Kier molecular flexibility index (Phi) is 2.43. The van der Waals surface area contributed by atoms with Crippen molar-refractivity contribution in [2.45, 2.75) is 6.17 Å². The minimum Gasteiger partial charge on any atom is -0.508 e. The van der Waals surface area contributed by atoms with Gasteiger partial charge in [-0.2, -0.15) is 0 Å². The van der Waals surface area contributed by atoms with E-state index < -0.39 is 0 Å². The molecule has 0 saturated carbocycles. The predicted molar refractivity (Wildman–Crippen MR) is 54.7 cm³/mol. The van der Waals surface area contributed by atoms with Gasteiger partial charge in [0, 0.05) is 10.0 Å². The fourth-order valence-electron chi connectivity index (χ4n) is 1.40. The van der Waals surface area contributed by atoms with Crippen LogP contribution in [0.2, 0.25) is 0 Å². The van der Waals surface area contributed by atoms with Crippen molar-refractivity contribution in [2.24, 2.45) is 0 Å². The number of hydrogen-bond donors (Lipinski definition) is 3. The highest BCUT2D eigenvalue weighted by Crippen LogP contribution is 2.27. The highest BCUT2D eigenvalue weighted by molar-refractivity contribution is 9.10. The van der Waals surface area contributed by atoms with Crippen molar-refractivity contribution in [3.8, 4) is 5.75 Å². The van der Waals surface area contributed by atoms with Gasteiger partial charge in [-0.25, -0.2) is 0 Å². The van der Waals surface area contributed by atoms with Crippen LogP contribution in [0.1, 0.15) is 11.7 Å². The van der Waals surface area contributed by atoms with Crippen molar-refractivity contribution in [1.29, 1.82) is 0 Å². The molecule has 1 aliphatic rings. The van der Waals surface area contributed by atoms with Gasteiger partial charge in [-0.1, -0.05) is 15.9 Å². The Morgan fingerprint density at radius 2 is 2.29 bits per heavy atom. The molecular weight excluding hydrogens is 248 g/mol. The van der Waals surface area contributed by atoms with Crippen LogP contribution in [-0.4, -0.2) is 17.6 Å². The molecule has 0 radical (unpaired) electrons. The topological polar surface area (TPSA) is 61.4 Å². The van der Waals surface area contributed by atoms with Gasteiger partial charge in [0.2, 0.25) is 5.91 Å². The molecule has 1 aromatic carbocycles. The van der Waals surface area contributed by atoms with E-state index in [0.717, 1.165) is 4.47 Å². The number of phenolic OH excluding ortho intramolecular Hbond substituents is 1. The Balaban J connectivity index is 2.31. The van der Waals surface area contributed by atoms with Crippen molar-refractivity contribution >= 4 is 21.8 Å². The number of amides is 1. The predicted octanol–water partition coefficient (Wildman–Crippen LogP) is 0.873. The monoisotopic (exact) mass is 256 g/mol. The second kappa shape index (κ2) is 3.59. The third-order valence-electron chi connectivity index (χ3n) is 2.07. The number of rotatable bonds is 1. The van der Waals surface area contributed by atoms with Crippen LogP contribution in [-0.2, 0) is 4.79 Å². The normalized spacial score (nSPS) is 20.9. The van der Waals surface area contributed by atoms with Gasteiger partial charge in [-0.15, -0.1) is 0 Å². The molecule has 0 spiro atoms. The van der Waals surface area contributed by atoms with E-state index in [1.54, 1.807) is 18.2 Å². The number of carbonyl (C=O) groups excluding carboxylic acids is 1. The minimum atomic E-state index is -0.292. The first-order valence-electron chi connectivity index (χ1n) is 4.18. The number of aromatic hydroxyl groups is 1. The van der Waals surface area contributed by atoms with Gasteiger partial charge in [-0.05, 0) is 18.2 Å². The average Bonchev–Trinajstić information content (AvgIpc) is 2.56. The number of phenols is 1. The molecule has 1 amide bonds. The third-order valence-corrected chi connectivity index (χ3v) is 2.57. The molecule has 1 aromatic rings. The van der Waals surface area contributed by atoms with Crippen molar-refractivity contribution in [3.05, 3.63) is 28.2 Å². The zero-order chi connectivity index (χ0) is 10.1. The summed E-state index contributed by atoms with van der Waals surface area (Å²) >= 11 is 3.31. The van der Waals surface area contributed by atoms with Gasteiger partial charge < -0.3 is 10.4 Å². The molecule has 0 aliphatic carbocycles. The molecule has 1 fully saturated rings. The molecule has 1 saturated heterocycles. The van der Waals surface area contributed by atoms with Crippen LogP contribution < -0.4 is 10.6 Å².